The molecule has 0 radical (unpaired) electrons. The zero-order valence-corrected chi connectivity index (χ0v) is 12.7. The number of H-pyrrole nitrogens is 1. The van der Waals surface area contributed by atoms with Gasteiger partial charge in [0.15, 0.2) is 0 Å². The molecule has 1 aromatic heterocycles. The predicted octanol–water partition coefficient (Wildman–Crippen LogP) is 2.31. The monoisotopic (exact) mass is 290 g/mol. The van der Waals surface area contributed by atoms with E-state index in [1.807, 2.05) is 27.0 Å². The van der Waals surface area contributed by atoms with E-state index in [1.165, 1.54) is 4.57 Å². The van der Waals surface area contributed by atoms with Crippen LogP contribution in [0.1, 0.15) is 32.3 Å². The molecule has 0 aliphatic carbocycles. The zero-order valence-electron chi connectivity index (χ0n) is 11.1. The van der Waals surface area contributed by atoms with E-state index in [9.17, 15) is 9.59 Å². The Labute approximate surface area is 116 Å². The topological polar surface area (TPSA) is 54.9 Å². The normalized spacial score (nSPS) is 13.0. The molecule has 1 rings (SSSR count). The van der Waals surface area contributed by atoms with Crippen LogP contribution in [0.5, 0.6) is 0 Å². The van der Waals surface area contributed by atoms with Gasteiger partial charge in [-0.15, -0.1) is 0 Å². The van der Waals surface area contributed by atoms with Crippen molar-refractivity contribution < 1.29 is 0 Å². The van der Waals surface area contributed by atoms with Crippen LogP contribution in [-0.4, -0.2) is 21.6 Å². The van der Waals surface area contributed by atoms with Crippen molar-refractivity contribution >= 4 is 23.4 Å². The molecule has 0 saturated carbocycles. The molecule has 1 N–H and O–H groups in total. The summed E-state index contributed by atoms with van der Waals surface area (Å²) >= 11 is 7.63. The maximum absolute atomic E-state index is 12.2. The van der Waals surface area contributed by atoms with E-state index in [0.717, 1.165) is 5.75 Å². The van der Waals surface area contributed by atoms with Crippen LogP contribution in [0.25, 0.3) is 0 Å². The summed E-state index contributed by atoms with van der Waals surface area (Å²) in [6, 6.07) is 0. The molecule has 6 heteroatoms. The number of rotatable bonds is 5. The Balaban J connectivity index is 3.24. The van der Waals surface area contributed by atoms with Crippen molar-refractivity contribution in [1.82, 2.24) is 9.55 Å². The SMILES string of the molecule is CSCC(C)Cn1c(=O)[nH]c(Cl)c(C(C)C)c1=O. The summed E-state index contributed by atoms with van der Waals surface area (Å²) in [5.41, 5.74) is -0.221. The molecule has 4 nitrogen and oxygen atoms in total. The van der Waals surface area contributed by atoms with Gasteiger partial charge in [0, 0.05) is 6.54 Å². The van der Waals surface area contributed by atoms with Crippen LogP contribution in [0.2, 0.25) is 5.15 Å². The minimum atomic E-state index is -0.428. The number of halogens is 1. The smallest absolute Gasteiger partial charge is 0.297 e. The number of hydrogen-bond donors (Lipinski definition) is 1. The summed E-state index contributed by atoms with van der Waals surface area (Å²) in [7, 11) is 0. The summed E-state index contributed by atoms with van der Waals surface area (Å²) in [6.07, 6.45) is 2.00. The second-order valence-electron chi connectivity index (χ2n) is 4.79. The van der Waals surface area contributed by atoms with Gasteiger partial charge in [0.2, 0.25) is 0 Å². The third kappa shape index (κ3) is 3.42. The van der Waals surface area contributed by atoms with Crippen molar-refractivity contribution in [2.24, 2.45) is 5.92 Å². The van der Waals surface area contributed by atoms with Crippen LogP contribution >= 0.6 is 23.4 Å². The Morgan fingerprint density at radius 3 is 2.44 bits per heavy atom. The summed E-state index contributed by atoms with van der Waals surface area (Å²) in [6.45, 7) is 6.21. The minimum absolute atomic E-state index is 0.0102. The van der Waals surface area contributed by atoms with Crippen LogP contribution in [0, 0.1) is 5.92 Å². The summed E-state index contributed by atoms with van der Waals surface area (Å²) < 4.78 is 1.25. The average Bonchev–Trinajstić information content (AvgIpc) is 2.23. The Hall–Kier alpha value is -0.680. The fourth-order valence-electron chi connectivity index (χ4n) is 1.88. The number of aromatic nitrogens is 2. The second kappa shape index (κ2) is 6.48. The second-order valence-corrected chi connectivity index (χ2v) is 6.08. The van der Waals surface area contributed by atoms with Gasteiger partial charge in [0.05, 0.1) is 5.56 Å². The molecule has 1 unspecified atom stereocenters. The molecular weight excluding hydrogens is 272 g/mol. The van der Waals surface area contributed by atoms with Crippen molar-refractivity contribution in [2.45, 2.75) is 33.2 Å². The Bertz CT molecular complexity index is 522. The maximum atomic E-state index is 12.2. The molecule has 1 atom stereocenters. The van der Waals surface area contributed by atoms with Gasteiger partial charge in [-0.3, -0.25) is 14.3 Å². The van der Waals surface area contributed by atoms with Crippen LogP contribution in [0.4, 0.5) is 0 Å². The van der Waals surface area contributed by atoms with Gasteiger partial charge in [-0.05, 0) is 23.8 Å². The predicted molar refractivity (Wildman–Crippen MR) is 78.0 cm³/mol. The van der Waals surface area contributed by atoms with Gasteiger partial charge in [-0.1, -0.05) is 32.4 Å². The Morgan fingerprint density at radius 1 is 1.33 bits per heavy atom. The quantitative estimate of drug-likeness (QED) is 0.847. The van der Waals surface area contributed by atoms with Gasteiger partial charge in [0.25, 0.3) is 5.56 Å². The third-order valence-corrected chi connectivity index (χ3v) is 3.90. The van der Waals surface area contributed by atoms with Gasteiger partial charge >= 0.3 is 5.69 Å². The molecular formula is C12H19ClN2O2S. The van der Waals surface area contributed by atoms with Crippen molar-refractivity contribution in [1.29, 1.82) is 0 Å². The van der Waals surface area contributed by atoms with Crippen LogP contribution < -0.4 is 11.2 Å². The van der Waals surface area contributed by atoms with E-state index in [4.69, 9.17) is 11.6 Å². The molecule has 1 heterocycles. The lowest BCUT2D eigenvalue weighted by molar-refractivity contribution is 0.494. The first-order valence-electron chi connectivity index (χ1n) is 5.89. The van der Waals surface area contributed by atoms with Crippen LogP contribution in [0.3, 0.4) is 0 Å². The van der Waals surface area contributed by atoms with Crippen molar-refractivity contribution in [3.05, 3.63) is 31.6 Å². The molecule has 0 fully saturated rings. The molecule has 1 aromatic rings. The summed E-state index contributed by atoms with van der Waals surface area (Å²) in [4.78, 5) is 26.6. The first-order chi connectivity index (χ1) is 8.38. The lowest BCUT2D eigenvalue weighted by Crippen LogP contribution is -2.39. The minimum Gasteiger partial charge on any atom is -0.297 e. The number of nitrogens with zero attached hydrogens (tertiary/aromatic N) is 1. The number of thioether (sulfide) groups is 1. The highest BCUT2D eigenvalue weighted by molar-refractivity contribution is 7.98. The van der Waals surface area contributed by atoms with E-state index in [1.54, 1.807) is 11.8 Å². The highest BCUT2D eigenvalue weighted by atomic mass is 35.5. The Kier molecular flexibility index (Phi) is 5.53. The highest BCUT2D eigenvalue weighted by Gasteiger charge is 2.16. The zero-order chi connectivity index (χ0) is 13.9. The standard InChI is InChI=1S/C12H19ClN2O2S/c1-7(2)9-10(13)14-12(17)15(11(9)16)5-8(3)6-18-4/h7-8H,5-6H2,1-4H3,(H,14,17). The van der Waals surface area contributed by atoms with E-state index in [-0.39, 0.29) is 22.5 Å². The van der Waals surface area contributed by atoms with Crippen molar-refractivity contribution in [2.75, 3.05) is 12.0 Å². The van der Waals surface area contributed by atoms with Crippen molar-refractivity contribution in [3.8, 4) is 0 Å². The van der Waals surface area contributed by atoms with E-state index in [0.29, 0.717) is 12.1 Å². The largest absolute Gasteiger partial charge is 0.329 e. The molecule has 0 saturated heterocycles. The summed E-state index contributed by atoms with van der Waals surface area (Å²) in [5.74, 6) is 1.16. The third-order valence-electron chi connectivity index (χ3n) is 2.70. The molecule has 18 heavy (non-hydrogen) atoms. The van der Waals surface area contributed by atoms with Gasteiger partial charge in [-0.2, -0.15) is 11.8 Å². The fourth-order valence-corrected chi connectivity index (χ4v) is 2.93. The molecule has 0 amide bonds. The number of nitrogens with one attached hydrogen (secondary N) is 1. The molecule has 0 aromatic carbocycles. The lowest BCUT2D eigenvalue weighted by Gasteiger charge is -2.14. The number of hydrogen-bond acceptors (Lipinski definition) is 3. The van der Waals surface area contributed by atoms with E-state index in [2.05, 4.69) is 4.98 Å². The fraction of sp³-hybridized carbons (Fsp3) is 0.667. The highest BCUT2D eigenvalue weighted by Crippen LogP contribution is 2.16. The summed E-state index contributed by atoms with van der Waals surface area (Å²) in [5, 5.41) is 0.161. The molecule has 0 aliphatic rings. The first-order valence-corrected chi connectivity index (χ1v) is 7.67. The molecule has 0 aliphatic heterocycles. The molecule has 0 spiro atoms. The first kappa shape index (κ1) is 15.4. The van der Waals surface area contributed by atoms with E-state index < -0.39 is 5.69 Å². The van der Waals surface area contributed by atoms with Gasteiger partial charge < -0.3 is 0 Å². The molecule has 0 bridgehead atoms. The lowest BCUT2D eigenvalue weighted by atomic mass is 10.1. The number of aromatic amines is 1. The van der Waals surface area contributed by atoms with Gasteiger partial charge in [-0.25, -0.2) is 4.79 Å². The maximum Gasteiger partial charge on any atom is 0.329 e. The van der Waals surface area contributed by atoms with Crippen LogP contribution in [0.15, 0.2) is 9.59 Å². The van der Waals surface area contributed by atoms with Gasteiger partial charge in [0.1, 0.15) is 5.15 Å². The van der Waals surface area contributed by atoms with E-state index >= 15 is 0 Å². The van der Waals surface area contributed by atoms with Crippen LogP contribution in [-0.2, 0) is 6.54 Å². The average molecular weight is 291 g/mol. The Morgan fingerprint density at radius 2 is 1.94 bits per heavy atom. The molecule has 102 valence electrons. The van der Waals surface area contributed by atoms with Crippen molar-refractivity contribution in [3.63, 3.8) is 0 Å².